The van der Waals surface area contributed by atoms with Crippen molar-refractivity contribution in [3.05, 3.63) is 47.7 Å². The Balaban J connectivity index is 2.16. The molecule has 0 saturated carbocycles. The van der Waals surface area contributed by atoms with E-state index in [1.807, 2.05) is 32.2 Å². The van der Waals surface area contributed by atoms with Crippen molar-refractivity contribution < 1.29 is 9.13 Å². The van der Waals surface area contributed by atoms with Crippen LogP contribution in [0.3, 0.4) is 0 Å². The van der Waals surface area contributed by atoms with Gasteiger partial charge in [0.1, 0.15) is 5.82 Å². The standard InChI is InChI=1S/C15H14FN3O/c1-9-6-12(8-19-15(9)17-10(2)18-19)11-4-5-14(20-3)13(16)7-11/h4-8H,1-3H3. The largest absolute Gasteiger partial charge is 0.494 e. The number of hydrogen-bond acceptors (Lipinski definition) is 3. The number of fused-ring (bicyclic) bond motifs is 1. The molecule has 0 atom stereocenters. The second-order valence-corrected chi connectivity index (χ2v) is 4.69. The van der Waals surface area contributed by atoms with Crippen molar-refractivity contribution >= 4 is 5.65 Å². The minimum absolute atomic E-state index is 0.239. The molecule has 0 fully saturated rings. The fraction of sp³-hybridized carbons (Fsp3) is 0.200. The van der Waals surface area contributed by atoms with Gasteiger partial charge >= 0.3 is 0 Å². The van der Waals surface area contributed by atoms with Crippen LogP contribution < -0.4 is 4.74 Å². The third kappa shape index (κ3) is 2.01. The van der Waals surface area contributed by atoms with Crippen LogP contribution in [0.25, 0.3) is 16.8 Å². The van der Waals surface area contributed by atoms with Gasteiger partial charge in [0.15, 0.2) is 17.2 Å². The highest BCUT2D eigenvalue weighted by molar-refractivity contribution is 5.67. The summed E-state index contributed by atoms with van der Waals surface area (Å²) in [4.78, 5) is 4.35. The normalized spacial score (nSPS) is 11.0. The van der Waals surface area contributed by atoms with Crippen molar-refractivity contribution in [3.63, 3.8) is 0 Å². The van der Waals surface area contributed by atoms with E-state index in [0.717, 1.165) is 22.3 Å². The molecule has 5 heteroatoms. The van der Waals surface area contributed by atoms with E-state index in [1.54, 1.807) is 10.6 Å². The van der Waals surface area contributed by atoms with Crippen LogP contribution in [0.4, 0.5) is 4.39 Å². The van der Waals surface area contributed by atoms with Crippen molar-refractivity contribution in [1.82, 2.24) is 14.6 Å². The van der Waals surface area contributed by atoms with E-state index in [-0.39, 0.29) is 11.6 Å². The fourth-order valence-electron chi connectivity index (χ4n) is 2.26. The SMILES string of the molecule is COc1ccc(-c2cc(C)c3nc(C)nn3c2)cc1F. The average Bonchev–Trinajstić information content (AvgIpc) is 2.79. The first-order chi connectivity index (χ1) is 9.58. The number of methoxy groups -OCH3 is 1. The minimum atomic E-state index is -0.377. The Morgan fingerprint density at radius 2 is 1.95 bits per heavy atom. The molecule has 0 aliphatic rings. The highest BCUT2D eigenvalue weighted by Gasteiger charge is 2.09. The van der Waals surface area contributed by atoms with E-state index in [9.17, 15) is 4.39 Å². The lowest BCUT2D eigenvalue weighted by Gasteiger charge is -2.07. The molecule has 1 aromatic carbocycles. The number of nitrogens with zero attached hydrogens (tertiary/aromatic N) is 3. The zero-order chi connectivity index (χ0) is 14.3. The maximum Gasteiger partial charge on any atom is 0.165 e. The highest BCUT2D eigenvalue weighted by Crippen LogP contribution is 2.26. The zero-order valence-electron chi connectivity index (χ0n) is 11.5. The first-order valence-corrected chi connectivity index (χ1v) is 6.26. The molecule has 0 saturated heterocycles. The van der Waals surface area contributed by atoms with Gasteiger partial charge in [-0.2, -0.15) is 5.10 Å². The number of aryl methyl sites for hydroxylation is 2. The first kappa shape index (κ1) is 12.6. The summed E-state index contributed by atoms with van der Waals surface area (Å²) in [6.07, 6.45) is 1.85. The number of benzene rings is 1. The molecule has 102 valence electrons. The molecule has 0 unspecified atom stereocenters. The molecule has 4 nitrogen and oxygen atoms in total. The molecule has 2 aromatic heterocycles. The maximum atomic E-state index is 13.8. The third-order valence-corrected chi connectivity index (χ3v) is 3.21. The van der Waals surface area contributed by atoms with Gasteiger partial charge in [0.05, 0.1) is 7.11 Å². The van der Waals surface area contributed by atoms with Gasteiger partial charge in [-0.15, -0.1) is 0 Å². The number of rotatable bonds is 2. The summed E-state index contributed by atoms with van der Waals surface area (Å²) < 4.78 is 20.4. The lowest BCUT2D eigenvalue weighted by molar-refractivity contribution is 0.386. The molecule has 0 spiro atoms. The van der Waals surface area contributed by atoms with Crippen molar-refractivity contribution in [2.75, 3.05) is 7.11 Å². The Hall–Kier alpha value is -2.43. The molecule has 0 N–H and O–H groups in total. The van der Waals surface area contributed by atoms with Crippen LogP contribution in [-0.4, -0.2) is 21.7 Å². The van der Waals surface area contributed by atoms with E-state index in [1.165, 1.54) is 13.2 Å². The molecule has 0 bridgehead atoms. The number of pyridine rings is 1. The second-order valence-electron chi connectivity index (χ2n) is 4.69. The lowest BCUT2D eigenvalue weighted by Crippen LogP contribution is -1.93. The Labute approximate surface area is 115 Å². The predicted octanol–water partition coefficient (Wildman–Crippen LogP) is 3.16. The van der Waals surface area contributed by atoms with Crippen LogP contribution in [0.15, 0.2) is 30.5 Å². The van der Waals surface area contributed by atoms with Crippen LogP contribution in [0.1, 0.15) is 11.4 Å². The van der Waals surface area contributed by atoms with Gasteiger partial charge in [-0.3, -0.25) is 0 Å². The molecular weight excluding hydrogens is 257 g/mol. The lowest BCUT2D eigenvalue weighted by atomic mass is 10.1. The van der Waals surface area contributed by atoms with Gasteiger partial charge in [-0.05, 0) is 43.2 Å². The van der Waals surface area contributed by atoms with E-state index < -0.39 is 0 Å². The smallest absolute Gasteiger partial charge is 0.165 e. The van der Waals surface area contributed by atoms with E-state index in [0.29, 0.717) is 5.82 Å². The summed E-state index contributed by atoms with van der Waals surface area (Å²) in [6, 6.07) is 6.89. The molecule has 2 heterocycles. The number of aromatic nitrogens is 3. The minimum Gasteiger partial charge on any atom is -0.494 e. The zero-order valence-corrected chi connectivity index (χ0v) is 11.5. The fourth-order valence-corrected chi connectivity index (χ4v) is 2.26. The van der Waals surface area contributed by atoms with E-state index in [4.69, 9.17) is 4.74 Å². The summed E-state index contributed by atoms with van der Waals surface area (Å²) >= 11 is 0. The van der Waals surface area contributed by atoms with Crippen molar-refractivity contribution in [1.29, 1.82) is 0 Å². The Morgan fingerprint density at radius 1 is 1.15 bits per heavy atom. The maximum absolute atomic E-state index is 13.8. The molecule has 20 heavy (non-hydrogen) atoms. The van der Waals surface area contributed by atoms with Crippen LogP contribution in [0.2, 0.25) is 0 Å². The summed E-state index contributed by atoms with van der Waals surface area (Å²) in [5.74, 6) is 0.576. The number of hydrogen-bond donors (Lipinski definition) is 0. The van der Waals surface area contributed by atoms with Gasteiger partial charge < -0.3 is 4.74 Å². The van der Waals surface area contributed by atoms with E-state index in [2.05, 4.69) is 10.1 Å². The van der Waals surface area contributed by atoms with Crippen LogP contribution in [-0.2, 0) is 0 Å². The van der Waals surface area contributed by atoms with Gasteiger partial charge in [0, 0.05) is 11.8 Å². The van der Waals surface area contributed by atoms with Crippen LogP contribution >= 0.6 is 0 Å². The topological polar surface area (TPSA) is 39.4 Å². The van der Waals surface area contributed by atoms with Crippen molar-refractivity contribution in [3.8, 4) is 16.9 Å². The average molecular weight is 271 g/mol. The monoisotopic (exact) mass is 271 g/mol. The van der Waals surface area contributed by atoms with Gasteiger partial charge in [0.25, 0.3) is 0 Å². The predicted molar refractivity (Wildman–Crippen MR) is 74.4 cm³/mol. The molecule has 0 radical (unpaired) electrons. The van der Waals surface area contributed by atoms with Crippen molar-refractivity contribution in [2.24, 2.45) is 0 Å². The third-order valence-electron chi connectivity index (χ3n) is 3.21. The Morgan fingerprint density at radius 3 is 2.65 bits per heavy atom. The van der Waals surface area contributed by atoms with Crippen molar-refractivity contribution in [2.45, 2.75) is 13.8 Å². The van der Waals surface area contributed by atoms with Gasteiger partial charge in [-0.25, -0.2) is 13.9 Å². The summed E-state index contributed by atoms with van der Waals surface area (Å²) in [5.41, 5.74) is 3.49. The van der Waals surface area contributed by atoms with Crippen LogP contribution in [0, 0.1) is 19.7 Å². The van der Waals surface area contributed by atoms with Crippen LogP contribution in [0.5, 0.6) is 5.75 Å². The summed E-state index contributed by atoms with van der Waals surface area (Å²) in [5, 5.41) is 4.30. The van der Waals surface area contributed by atoms with Gasteiger partial charge in [0.2, 0.25) is 0 Å². The Bertz CT molecular complexity index is 795. The van der Waals surface area contributed by atoms with E-state index >= 15 is 0 Å². The quantitative estimate of drug-likeness (QED) is 0.718. The summed E-state index contributed by atoms with van der Waals surface area (Å²) in [6.45, 7) is 3.81. The second kappa shape index (κ2) is 4.59. The summed E-state index contributed by atoms with van der Waals surface area (Å²) in [7, 11) is 1.45. The number of halogens is 1. The molecule has 0 aliphatic heterocycles. The molecule has 0 aliphatic carbocycles. The molecular formula is C15H14FN3O. The Kier molecular flexibility index (Phi) is 2.89. The van der Waals surface area contributed by atoms with Gasteiger partial charge in [-0.1, -0.05) is 6.07 Å². The molecule has 0 amide bonds. The number of ether oxygens (including phenoxy) is 1. The molecule has 3 rings (SSSR count). The highest BCUT2D eigenvalue weighted by atomic mass is 19.1. The molecule has 3 aromatic rings. The first-order valence-electron chi connectivity index (χ1n) is 6.26.